The highest BCUT2D eigenvalue weighted by atomic mass is 16.5. The molecule has 2 N–H and O–H groups in total. The predicted octanol–water partition coefficient (Wildman–Crippen LogP) is 2.39. The normalized spacial score (nSPS) is 22.9. The molecule has 2 aliphatic rings. The van der Waals surface area contributed by atoms with Gasteiger partial charge < -0.3 is 24.7 Å². The lowest BCUT2D eigenvalue weighted by molar-refractivity contribution is -0.139. The fraction of sp³-hybridized carbons (Fsp3) is 0.385. The van der Waals surface area contributed by atoms with Crippen molar-refractivity contribution in [3.8, 4) is 5.75 Å². The maximum Gasteiger partial charge on any atom is 0.264 e. The monoisotopic (exact) mass is 450 g/mol. The highest BCUT2D eigenvalue weighted by Crippen LogP contribution is 2.45. The maximum absolute atomic E-state index is 13.0. The smallest absolute Gasteiger partial charge is 0.264 e. The number of hydrogen-bond acceptors (Lipinski definition) is 5. The van der Waals surface area contributed by atoms with E-state index in [1.54, 1.807) is 49.2 Å². The Labute approximate surface area is 193 Å². The molecule has 0 bridgehead atoms. The molecule has 2 amide bonds. The molecule has 2 aromatic rings. The van der Waals surface area contributed by atoms with Crippen LogP contribution in [0, 0.1) is 5.92 Å². The van der Waals surface area contributed by atoms with E-state index in [1.807, 2.05) is 24.3 Å². The van der Waals surface area contributed by atoms with E-state index in [-0.39, 0.29) is 25.0 Å². The summed E-state index contributed by atoms with van der Waals surface area (Å²) < 4.78 is 5.28. The van der Waals surface area contributed by atoms with Crippen LogP contribution in [-0.4, -0.2) is 53.7 Å². The number of aliphatic hydroxyl groups is 2. The van der Waals surface area contributed by atoms with E-state index in [4.69, 9.17) is 4.74 Å². The van der Waals surface area contributed by atoms with Crippen molar-refractivity contribution in [2.45, 2.75) is 38.0 Å². The van der Waals surface area contributed by atoms with Crippen LogP contribution in [0.4, 0.5) is 5.69 Å². The van der Waals surface area contributed by atoms with Gasteiger partial charge in [-0.2, -0.15) is 0 Å². The number of likely N-dealkylation sites (N-methyl/N-ethyl adjacent to an activating group) is 1. The molecule has 4 rings (SSSR count). The van der Waals surface area contributed by atoms with E-state index >= 15 is 0 Å². The second-order valence-electron chi connectivity index (χ2n) is 8.77. The fourth-order valence-corrected chi connectivity index (χ4v) is 4.83. The van der Waals surface area contributed by atoms with Crippen molar-refractivity contribution in [2.75, 3.05) is 25.7 Å². The summed E-state index contributed by atoms with van der Waals surface area (Å²) in [6.07, 6.45) is 4.15. The Kier molecular flexibility index (Phi) is 6.28. The number of nitrogens with zero attached hydrogens (tertiary/aromatic N) is 2. The number of anilines is 1. The summed E-state index contributed by atoms with van der Waals surface area (Å²) in [6, 6.07) is 12.9. The molecule has 0 saturated carbocycles. The van der Waals surface area contributed by atoms with Gasteiger partial charge in [-0.05, 0) is 35.7 Å². The van der Waals surface area contributed by atoms with Gasteiger partial charge in [0.1, 0.15) is 5.75 Å². The largest absolute Gasteiger partial charge is 0.497 e. The lowest BCUT2D eigenvalue weighted by Crippen LogP contribution is -2.46. The lowest BCUT2D eigenvalue weighted by atomic mass is 9.83. The minimum atomic E-state index is -1.74. The van der Waals surface area contributed by atoms with Crippen LogP contribution < -0.4 is 9.64 Å². The minimum absolute atomic E-state index is 0.0978. The molecule has 0 saturated heterocycles. The van der Waals surface area contributed by atoms with Gasteiger partial charge in [-0.3, -0.25) is 9.59 Å². The molecule has 0 aromatic heterocycles. The SMILES string of the molecule is COc1ccc2c(c1)[C@](O)([C@@H](C)/C=C/CC(=O)N1Cc3ccccc3C[C@H]1CO)C(=O)N2C. The Balaban J connectivity index is 1.50. The first kappa shape index (κ1) is 23.0. The molecule has 0 spiro atoms. The Morgan fingerprint density at radius 1 is 1.27 bits per heavy atom. The van der Waals surface area contributed by atoms with Crippen molar-refractivity contribution in [1.82, 2.24) is 4.90 Å². The van der Waals surface area contributed by atoms with Crippen molar-refractivity contribution >= 4 is 17.5 Å². The summed E-state index contributed by atoms with van der Waals surface area (Å²) in [7, 11) is 3.17. The predicted molar refractivity (Wildman–Crippen MR) is 125 cm³/mol. The van der Waals surface area contributed by atoms with Gasteiger partial charge in [0.05, 0.1) is 25.4 Å². The van der Waals surface area contributed by atoms with Crippen LogP contribution in [0.15, 0.2) is 54.6 Å². The van der Waals surface area contributed by atoms with Crippen molar-refractivity contribution in [2.24, 2.45) is 5.92 Å². The van der Waals surface area contributed by atoms with Gasteiger partial charge in [0.2, 0.25) is 5.91 Å². The summed E-state index contributed by atoms with van der Waals surface area (Å²) >= 11 is 0. The number of carbonyl (C=O) groups excluding carboxylic acids is 2. The molecule has 3 atom stereocenters. The Hall–Kier alpha value is -3.16. The van der Waals surface area contributed by atoms with Crippen molar-refractivity contribution in [1.29, 1.82) is 0 Å². The molecule has 174 valence electrons. The van der Waals surface area contributed by atoms with Gasteiger partial charge >= 0.3 is 0 Å². The maximum atomic E-state index is 13.0. The zero-order chi connectivity index (χ0) is 23.8. The molecule has 0 aliphatic carbocycles. The van der Waals surface area contributed by atoms with Crippen LogP contribution in [0.25, 0.3) is 0 Å². The zero-order valence-electron chi connectivity index (χ0n) is 19.2. The third kappa shape index (κ3) is 3.92. The van der Waals surface area contributed by atoms with Crippen molar-refractivity contribution < 1.29 is 24.5 Å². The molecular formula is C26H30N2O5. The van der Waals surface area contributed by atoms with Gasteiger partial charge in [-0.25, -0.2) is 0 Å². The van der Waals surface area contributed by atoms with Crippen LogP contribution in [0.2, 0.25) is 0 Å². The number of methoxy groups -OCH3 is 1. The average Bonchev–Trinajstić information content (AvgIpc) is 3.04. The number of rotatable bonds is 6. The zero-order valence-corrected chi connectivity index (χ0v) is 19.2. The van der Waals surface area contributed by atoms with Crippen molar-refractivity contribution in [3.63, 3.8) is 0 Å². The highest BCUT2D eigenvalue weighted by Gasteiger charge is 2.51. The Morgan fingerprint density at radius 2 is 2.00 bits per heavy atom. The van der Waals surface area contributed by atoms with Crippen LogP contribution >= 0.6 is 0 Å². The molecule has 0 radical (unpaired) electrons. The van der Waals surface area contributed by atoms with Gasteiger partial charge in [-0.15, -0.1) is 0 Å². The highest BCUT2D eigenvalue weighted by molar-refractivity contribution is 6.07. The lowest BCUT2D eigenvalue weighted by Gasteiger charge is -2.36. The summed E-state index contributed by atoms with van der Waals surface area (Å²) in [5.74, 6) is -0.524. The summed E-state index contributed by atoms with van der Waals surface area (Å²) in [6.45, 7) is 2.12. The van der Waals surface area contributed by atoms with E-state index in [2.05, 4.69) is 0 Å². The molecule has 0 fully saturated rings. The first-order valence-electron chi connectivity index (χ1n) is 11.1. The quantitative estimate of drug-likeness (QED) is 0.660. The van der Waals surface area contributed by atoms with E-state index in [9.17, 15) is 19.8 Å². The topological polar surface area (TPSA) is 90.3 Å². The number of benzene rings is 2. The Morgan fingerprint density at radius 3 is 2.70 bits per heavy atom. The Bertz CT molecular complexity index is 1100. The number of amides is 2. The molecule has 2 heterocycles. The molecule has 7 nitrogen and oxygen atoms in total. The number of hydrogen-bond donors (Lipinski definition) is 2. The standard InChI is InChI=1S/C26H30N2O5/c1-17(26(32)22-14-21(33-3)11-12-23(22)27(2)25(26)31)7-6-10-24(30)28-15-19-9-5-4-8-18(19)13-20(28)16-29/h4-9,11-12,14,17,20,29,32H,10,13,15-16H2,1-3H3/b7-6+/t17-,20-,26+/m0/s1. The van der Waals surface area contributed by atoms with E-state index in [0.29, 0.717) is 30.0 Å². The molecule has 0 unspecified atom stereocenters. The van der Waals surface area contributed by atoms with Gasteiger partial charge in [0, 0.05) is 31.5 Å². The molecule has 7 heteroatoms. The number of ether oxygens (including phenoxy) is 1. The average molecular weight is 451 g/mol. The van der Waals surface area contributed by atoms with E-state index < -0.39 is 17.4 Å². The van der Waals surface area contributed by atoms with Crippen molar-refractivity contribution in [3.05, 3.63) is 71.3 Å². The first-order valence-corrected chi connectivity index (χ1v) is 11.1. The summed E-state index contributed by atoms with van der Waals surface area (Å²) in [5.41, 5.74) is 1.64. The van der Waals surface area contributed by atoms with E-state index in [1.165, 1.54) is 12.0 Å². The van der Waals surface area contributed by atoms with Gasteiger partial charge in [-0.1, -0.05) is 43.3 Å². The third-order valence-electron chi connectivity index (χ3n) is 6.87. The van der Waals surface area contributed by atoms with Gasteiger partial charge in [0.25, 0.3) is 5.91 Å². The third-order valence-corrected chi connectivity index (χ3v) is 6.87. The van der Waals surface area contributed by atoms with Crippen LogP contribution in [0.1, 0.15) is 30.0 Å². The van der Waals surface area contributed by atoms with Crippen LogP contribution in [-0.2, 0) is 28.2 Å². The second-order valence-corrected chi connectivity index (χ2v) is 8.77. The summed E-state index contributed by atoms with van der Waals surface area (Å²) in [5, 5.41) is 21.3. The van der Waals surface area contributed by atoms with E-state index in [0.717, 1.165) is 11.1 Å². The summed E-state index contributed by atoms with van der Waals surface area (Å²) in [4.78, 5) is 29.1. The number of fused-ring (bicyclic) bond motifs is 2. The number of carbonyl (C=O) groups is 2. The fourth-order valence-electron chi connectivity index (χ4n) is 4.83. The van der Waals surface area contributed by atoms with Gasteiger partial charge in [0.15, 0.2) is 5.60 Å². The van der Waals surface area contributed by atoms with Crippen LogP contribution in [0.5, 0.6) is 5.75 Å². The first-order chi connectivity index (χ1) is 15.8. The molecule has 2 aliphatic heterocycles. The molecule has 2 aromatic carbocycles. The van der Waals surface area contributed by atoms with Crippen LogP contribution in [0.3, 0.4) is 0 Å². The second kappa shape index (κ2) is 9.00. The molecular weight excluding hydrogens is 420 g/mol. The minimum Gasteiger partial charge on any atom is -0.497 e. The molecule has 33 heavy (non-hydrogen) atoms. The number of aliphatic hydroxyl groups excluding tert-OH is 1.